The molecule has 30 heavy (non-hydrogen) atoms. The average Bonchev–Trinajstić information content (AvgIpc) is 2.78. The summed E-state index contributed by atoms with van der Waals surface area (Å²) in [6, 6.07) is 14.1. The van der Waals surface area contributed by atoms with E-state index in [-0.39, 0.29) is 23.2 Å². The van der Waals surface area contributed by atoms with E-state index in [1.807, 2.05) is 30.3 Å². The monoisotopic (exact) mass is 427 g/mol. The molecule has 2 N–H and O–H groups in total. The summed E-state index contributed by atoms with van der Waals surface area (Å²) in [5.74, 6) is -0.886. The molecule has 1 heterocycles. The molecule has 0 saturated carbocycles. The summed E-state index contributed by atoms with van der Waals surface area (Å²) in [7, 11) is 1.61. The first-order valence-corrected chi connectivity index (χ1v) is 9.86. The third-order valence-electron chi connectivity index (χ3n) is 5.30. The molecule has 0 aliphatic carbocycles. The number of halogens is 1. The zero-order valence-electron chi connectivity index (χ0n) is 16.5. The number of ether oxygens (including phenoxy) is 2. The lowest BCUT2D eigenvalue weighted by atomic mass is 9.74. The van der Waals surface area contributed by atoms with Gasteiger partial charge in [-0.3, -0.25) is 9.59 Å². The van der Waals surface area contributed by atoms with Gasteiger partial charge < -0.3 is 20.1 Å². The summed E-state index contributed by atoms with van der Waals surface area (Å²) < 4.78 is 10.7. The molecule has 0 unspecified atom stereocenters. The van der Waals surface area contributed by atoms with E-state index in [0.717, 1.165) is 11.3 Å². The van der Waals surface area contributed by atoms with Crippen molar-refractivity contribution in [2.75, 3.05) is 32.2 Å². The molecule has 1 aliphatic heterocycles. The van der Waals surface area contributed by atoms with Crippen LogP contribution in [0.1, 0.15) is 24.0 Å². The van der Waals surface area contributed by atoms with Crippen molar-refractivity contribution in [1.29, 1.82) is 5.26 Å². The third-order valence-corrected chi connectivity index (χ3v) is 5.53. The highest BCUT2D eigenvalue weighted by molar-refractivity contribution is 6.40. The molecule has 1 aliphatic rings. The summed E-state index contributed by atoms with van der Waals surface area (Å²) in [6.45, 7) is 1.43. The van der Waals surface area contributed by atoms with Crippen LogP contribution in [0.25, 0.3) is 0 Å². The van der Waals surface area contributed by atoms with E-state index in [1.165, 1.54) is 12.1 Å². The number of amides is 2. The molecule has 0 spiro atoms. The highest BCUT2D eigenvalue weighted by Gasteiger charge is 2.35. The van der Waals surface area contributed by atoms with Gasteiger partial charge in [-0.15, -0.1) is 0 Å². The Balaban J connectivity index is 1.71. The van der Waals surface area contributed by atoms with Crippen LogP contribution in [-0.4, -0.2) is 38.7 Å². The normalized spacial score (nSPS) is 15.0. The molecule has 0 aromatic heterocycles. The lowest BCUT2D eigenvalue weighted by Crippen LogP contribution is -2.47. The first-order chi connectivity index (χ1) is 14.5. The minimum absolute atomic E-state index is 0.195. The van der Waals surface area contributed by atoms with Crippen molar-refractivity contribution >= 4 is 29.1 Å². The van der Waals surface area contributed by atoms with Crippen molar-refractivity contribution in [1.82, 2.24) is 5.32 Å². The van der Waals surface area contributed by atoms with E-state index in [9.17, 15) is 9.59 Å². The van der Waals surface area contributed by atoms with Gasteiger partial charge in [0.05, 0.1) is 18.4 Å². The maximum atomic E-state index is 12.5. The first-order valence-electron chi connectivity index (χ1n) is 9.48. The second kappa shape index (κ2) is 9.61. The molecule has 0 radical (unpaired) electrons. The second-order valence-electron chi connectivity index (χ2n) is 7.06. The third kappa shape index (κ3) is 4.90. The smallest absolute Gasteiger partial charge is 0.313 e. The number of rotatable bonds is 5. The van der Waals surface area contributed by atoms with E-state index >= 15 is 0 Å². The van der Waals surface area contributed by atoms with Crippen molar-refractivity contribution < 1.29 is 19.1 Å². The van der Waals surface area contributed by atoms with Crippen LogP contribution in [0, 0.1) is 11.3 Å². The van der Waals surface area contributed by atoms with Crippen LogP contribution in [0.3, 0.4) is 0 Å². The van der Waals surface area contributed by atoms with Gasteiger partial charge in [-0.25, -0.2) is 0 Å². The summed E-state index contributed by atoms with van der Waals surface area (Å²) in [4.78, 5) is 24.8. The molecule has 0 bridgehead atoms. The molecule has 2 amide bonds. The van der Waals surface area contributed by atoms with Crippen LogP contribution in [0.4, 0.5) is 5.69 Å². The summed E-state index contributed by atoms with van der Waals surface area (Å²) >= 11 is 5.93. The van der Waals surface area contributed by atoms with Gasteiger partial charge in [-0.2, -0.15) is 5.26 Å². The number of carbonyl (C=O) groups is 2. The largest absolute Gasteiger partial charge is 0.497 e. The Labute approximate surface area is 179 Å². The summed E-state index contributed by atoms with van der Waals surface area (Å²) in [6.07, 6.45) is 1.43. The fourth-order valence-electron chi connectivity index (χ4n) is 3.50. The standard InChI is InChI=1S/C22H22ClN3O4/c1-29-18-6-3-16(4-7-18)22(8-10-30-11-9-22)14-25-20(27)21(28)26-19-12-17(23)5-2-15(19)13-24/h2-7,12H,8-11,14H2,1H3,(H,25,27)(H,26,28). The minimum Gasteiger partial charge on any atom is -0.497 e. The number of carbonyl (C=O) groups excluding carboxylic acids is 2. The van der Waals surface area contributed by atoms with Gasteiger partial charge in [0.25, 0.3) is 0 Å². The zero-order valence-corrected chi connectivity index (χ0v) is 17.3. The van der Waals surface area contributed by atoms with Gasteiger partial charge in [-0.1, -0.05) is 23.7 Å². The molecule has 1 saturated heterocycles. The quantitative estimate of drug-likeness (QED) is 0.714. The number of anilines is 1. The molecule has 2 aromatic rings. The van der Waals surface area contributed by atoms with Gasteiger partial charge in [0.2, 0.25) is 0 Å². The highest BCUT2D eigenvalue weighted by Crippen LogP contribution is 2.35. The Hall–Kier alpha value is -3.08. The number of methoxy groups -OCH3 is 1. The SMILES string of the molecule is COc1ccc(C2(CNC(=O)C(=O)Nc3cc(Cl)ccc3C#N)CCOCC2)cc1. The Morgan fingerprint density at radius 1 is 1.17 bits per heavy atom. The van der Waals surface area contributed by atoms with E-state index in [1.54, 1.807) is 13.2 Å². The molecule has 156 valence electrons. The fourth-order valence-corrected chi connectivity index (χ4v) is 3.67. The topological polar surface area (TPSA) is 100 Å². The fraction of sp³-hybridized carbons (Fsp3) is 0.318. The van der Waals surface area contributed by atoms with E-state index in [2.05, 4.69) is 10.6 Å². The highest BCUT2D eigenvalue weighted by atomic mass is 35.5. The number of benzene rings is 2. The Bertz CT molecular complexity index is 963. The van der Waals surface area contributed by atoms with Crippen molar-refractivity contribution in [2.45, 2.75) is 18.3 Å². The number of nitrogens with zero attached hydrogens (tertiary/aromatic N) is 1. The van der Waals surface area contributed by atoms with Crippen molar-refractivity contribution in [3.05, 3.63) is 58.6 Å². The van der Waals surface area contributed by atoms with Crippen molar-refractivity contribution in [3.8, 4) is 11.8 Å². The van der Waals surface area contributed by atoms with Gasteiger partial charge in [0, 0.05) is 30.2 Å². The van der Waals surface area contributed by atoms with Crippen LogP contribution in [0.2, 0.25) is 5.02 Å². The number of nitrogens with one attached hydrogen (secondary N) is 2. The molecular formula is C22H22ClN3O4. The van der Waals surface area contributed by atoms with Crippen LogP contribution >= 0.6 is 11.6 Å². The molecule has 7 nitrogen and oxygen atoms in total. The van der Waals surface area contributed by atoms with Gasteiger partial charge >= 0.3 is 11.8 Å². The average molecular weight is 428 g/mol. The predicted octanol–water partition coefficient (Wildman–Crippen LogP) is 3.02. The van der Waals surface area contributed by atoms with Gasteiger partial charge in [0.15, 0.2) is 0 Å². The molecular weight excluding hydrogens is 406 g/mol. The van der Waals surface area contributed by atoms with E-state index in [0.29, 0.717) is 31.1 Å². The lowest BCUT2D eigenvalue weighted by molar-refractivity contribution is -0.136. The van der Waals surface area contributed by atoms with Gasteiger partial charge in [-0.05, 0) is 48.7 Å². The predicted molar refractivity (Wildman–Crippen MR) is 113 cm³/mol. The maximum Gasteiger partial charge on any atom is 0.313 e. The lowest BCUT2D eigenvalue weighted by Gasteiger charge is -2.38. The van der Waals surface area contributed by atoms with Crippen LogP contribution in [0.15, 0.2) is 42.5 Å². The van der Waals surface area contributed by atoms with E-state index in [4.69, 9.17) is 26.3 Å². The van der Waals surface area contributed by atoms with Crippen LogP contribution in [-0.2, 0) is 19.7 Å². The molecule has 8 heteroatoms. The van der Waals surface area contributed by atoms with Crippen LogP contribution in [0.5, 0.6) is 5.75 Å². The maximum absolute atomic E-state index is 12.5. The van der Waals surface area contributed by atoms with Gasteiger partial charge in [0.1, 0.15) is 11.8 Å². The van der Waals surface area contributed by atoms with Crippen molar-refractivity contribution in [2.24, 2.45) is 0 Å². The molecule has 0 atom stereocenters. The number of hydrogen-bond donors (Lipinski definition) is 2. The molecule has 3 rings (SSSR count). The summed E-state index contributed by atoms with van der Waals surface area (Å²) in [5, 5.41) is 14.7. The first kappa shape index (κ1) is 21.6. The zero-order chi connectivity index (χ0) is 21.6. The Morgan fingerprint density at radius 2 is 1.87 bits per heavy atom. The molecule has 1 fully saturated rings. The van der Waals surface area contributed by atoms with E-state index < -0.39 is 11.8 Å². The summed E-state index contributed by atoms with van der Waals surface area (Å²) in [5.41, 5.74) is 1.13. The Morgan fingerprint density at radius 3 is 2.50 bits per heavy atom. The van der Waals surface area contributed by atoms with Crippen molar-refractivity contribution in [3.63, 3.8) is 0 Å². The number of hydrogen-bond acceptors (Lipinski definition) is 5. The second-order valence-corrected chi connectivity index (χ2v) is 7.50. The molecule has 2 aromatic carbocycles. The van der Waals surface area contributed by atoms with Crippen LogP contribution < -0.4 is 15.4 Å². The minimum atomic E-state index is -0.856. The number of nitriles is 1. The Kier molecular flexibility index (Phi) is 6.93.